The molecule has 1 N–H and O–H groups in total. The monoisotopic (exact) mass is 298 g/mol. The molecule has 1 fully saturated rings. The van der Waals surface area contributed by atoms with E-state index in [2.05, 4.69) is 15.5 Å². The van der Waals surface area contributed by atoms with Crippen molar-refractivity contribution in [3.8, 4) is 0 Å². The maximum absolute atomic E-state index is 12.8. The maximum Gasteiger partial charge on any atom is 0.391 e. The predicted molar refractivity (Wildman–Crippen MR) is 71.6 cm³/mol. The van der Waals surface area contributed by atoms with Crippen LogP contribution < -0.4 is 5.32 Å². The molecule has 1 saturated carbocycles. The number of rotatable bonds is 3. The average Bonchev–Trinajstić information content (AvgIpc) is 2.88. The minimum absolute atomic E-state index is 0.110. The molecule has 114 valence electrons. The fourth-order valence-electron chi connectivity index (χ4n) is 2.92. The van der Waals surface area contributed by atoms with E-state index >= 15 is 0 Å². The van der Waals surface area contributed by atoms with Gasteiger partial charge >= 0.3 is 6.18 Å². The van der Waals surface area contributed by atoms with Crippen LogP contribution in [0.2, 0.25) is 0 Å². The highest BCUT2D eigenvalue weighted by Crippen LogP contribution is 2.37. The number of hydrogen-bond acceptors (Lipinski definition) is 3. The molecule has 21 heavy (non-hydrogen) atoms. The largest absolute Gasteiger partial charge is 0.391 e. The van der Waals surface area contributed by atoms with E-state index < -0.39 is 12.1 Å². The van der Waals surface area contributed by atoms with E-state index in [1.165, 1.54) is 0 Å². The first kappa shape index (κ1) is 14.3. The lowest BCUT2D eigenvalue weighted by Crippen LogP contribution is -2.38. The Labute approximate surface area is 120 Å². The highest BCUT2D eigenvalue weighted by Gasteiger charge is 2.42. The molecule has 2 aromatic rings. The van der Waals surface area contributed by atoms with Crippen LogP contribution >= 0.6 is 0 Å². The Kier molecular flexibility index (Phi) is 3.84. The number of alkyl halides is 3. The van der Waals surface area contributed by atoms with Crippen molar-refractivity contribution in [2.75, 3.05) is 0 Å². The zero-order valence-electron chi connectivity index (χ0n) is 11.5. The van der Waals surface area contributed by atoms with Gasteiger partial charge in [0.15, 0.2) is 11.5 Å². The van der Waals surface area contributed by atoms with E-state index in [0.717, 1.165) is 17.9 Å². The Hall–Kier alpha value is -1.63. The molecule has 1 aliphatic rings. The quantitative estimate of drug-likeness (QED) is 0.947. The van der Waals surface area contributed by atoms with Crippen LogP contribution in [0.15, 0.2) is 24.4 Å². The van der Waals surface area contributed by atoms with E-state index in [-0.39, 0.29) is 18.9 Å². The predicted octanol–water partition coefficient (Wildman–Crippen LogP) is 2.94. The van der Waals surface area contributed by atoms with Crippen LogP contribution in [0, 0.1) is 5.92 Å². The van der Waals surface area contributed by atoms with E-state index in [4.69, 9.17) is 0 Å². The van der Waals surface area contributed by atoms with Crippen molar-refractivity contribution in [2.24, 2.45) is 5.92 Å². The van der Waals surface area contributed by atoms with Gasteiger partial charge in [0.1, 0.15) is 0 Å². The molecule has 2 heterocycles. The second kappa shape index (κ2) is 5.63. The minimum Gasteiger partial charge on any atom is -0.307 e. The van der Waals surface area contributed by atoms with E-state index in [1.807, 2.05) is 28.8 Å². The molecule has 1 aliphatic carbocycles. The lowest BCUT2D eigenvalue weighted by molar-refractivity contribution is -0.183. The lowest BCUT2D eigenvalue weighted by Gasteiger charge is -2.31. The highest BCUT2D eigenvalue weighted by atomic mass is 19.4. The average molecular weight is 298 g/mol. The second-order valence-corrected chi connectivity index (χ2v) is 5.53. The van der Waals surface area contributed by atoms with E-state index in [0.29, 0.717) is 13.0 Å². The molecule has 2 unspecified atom stereocenters. The molecule has 0 radical (unpaired) electrons. The number of fused-ring (bicyclic) bond motifs is 1. The summed E-state index contributed by atoms with van der Waals surface area (Å²) in [6.07, 6.45) is -0.435. The van der Waals surface area contributed by atoms with Crippen LogP contribution in [0.1, 0.15) is 31.5 Å². The number of pyridine rings is 1. The summed E-state index contributed by atoms with van der Waals surface area (Å²) >= 11 is 0. The molecule has 0 aliphatic heterocycles. The van der Waals surface area contributed by atoms with Gasteiger partial charge in [0.25, 0.3) is 0 Å². The molecular formula is C14H17F3N4. The summed E-state index contributed by atoms with van der Waals surface area (Å²) in [5.41, 5.74) is 0.742. The Bertz CT molecular complexity index is 608. The number of hydrogen-bond donors (Lipinski definition) is 1. The molecule has 4 nitrogen and oxygen atoms in total. The van der Waals surface area contributed by atoms with Crippen molar-refractivity contribution in [3.63, 3.8) is 0 Å². The summed E-state index contributed by atoms with van der Waals surface area (Å²) in [4.78, 5) is 0. The molecule has 0 aromatic carbocycles. The van der Waals surface area contributed by atoms with Crippen molar-refractivity contribution >= 4 is 5.65 Å². The Morgan fingerprint density at radius 2 is 2.10 bits per heavy atom. The van der Waals surface area contributed by atoms with Gasteiger partial charge in [0, 0.05) is 12.2 Å². The van der Waals surface area contributed by atoms with Gasteiger partial charge in [-0.3, -0.25) is 4.40 Å². The zero-order valence-corrected chi connectivity index (χ0v) is 11.5. The molecule has 0 spiro atoms. The number of nitrogens with zero attached hydrogens (tertiary/aromatic N) is 3. The van der Waals surface area contributed by atoms with Crippen LogP contribution in [0.4, 0.5) is 13.2 Å². The standard InChI is InChI=1S/C14H17F3N4/c15-14(16,17)10-4-3-5-11(8-10)18-9-13-20-19-12-6-1-2-7-21(12)13/h1-2,6-7,10-11,18H,3-5,8-9H2. The normalized spacial score (nSPS) is 23.6. The van der Waals surface area contributed by atoms with Crippen molar-refractivity contribution in [1.82, 2.24) is 19.9 Å². The lowest BCUT2D eigenvalue weighted by atomic mass is 9.85. The first-order valence-corrected chi connectivity index (χ1v) is 7.13. The number of halogens is 3. The maximum atomic E-state index is 12.8. The van der Waals surface area contributed by atoms with Crippen molar-refractivity contribution in [3.05, 3.63) is 30.2 Å². The third-order valence-corrected chi connectivity index (χ3v) is 4.07. The summed E-state index contributed by atoms with van der Waals surface area (Å²) < 4.78 is 40.2. The van der Waals surface area contributed by atoms with Crippen LogP contribution in [-0.2, 0) is 6.54 Å². The molecule has 2 aromatic heterocycles. The van der Waals surface area contributed by atoms with Gasteiger partial charge in [-0.25, -0.2) is 0 Å². The van der Waals surface area contributed by atoms with E-state index in [1.54, 1.807) is 0 Å². The summed E-state index contributed by atoms with van der Waals surface area (Å²) in [5, 5.41) is 11.3. The molecule has 0 bridgehead atoms. The van der Waals surface area contributed by atoms with Crippen molar-refractivity contribution in [2.45, 2.75) is 44.4 Å². The Morgan fingerprint density at radius 3 is 2.90 bits per heavy atom. The van der Waals surface area contributed by atoms with E-state index in [9.17, 15) is 13.2 Å². The first-order chi connectivity index (χ1) is 10.0. The van der Waals surface area contributed by atoms with Gasteiger partial charge in [-0.1, -0.05) is 12.5 Å². The number of aromatic nitrogens is 3. The molecule has 0 saturated heterocycles. The third kappa shape index (κ3) is 3.18. The van der Waals surface area contributed by atoms with Crippen molar-refractivity contribution in [1.29, 1.82) is 0 Å². The van der Waals surface area contributed by atoms with Gasteiger partial charge in [-0.2, -0.15) is 13.2 Å². The molecular weight excluding hydrogens is 281 g/mol. The summed E-state index contributed by atoms with van der Waals surface area (Å²) in [6.45, 7) is 0.431. The third-order valence-electron chi connectivity index (χ3n) is 4.07. The highest BCUT2D eigenvalue weighted by molar-refractivity contribution is 5.36. The SMILES string of the molecule is FC(F)(F)C1CCCC(NCc2nnc3ccccn23)C1. The zero-order chi connectivity index (χ0) is 14.9. The van der Waals surface area contributed by atoms with Crippen molar-refractivity contribution < 1.29 is 13.2 Å². The molecule has 3 rings (SSSR count). The van der Waals surface area contributed by atoms with Crippen LogP contribution in [0.25, 0.3) is 5.65 Å². The second-order valence-electron chi connectivity index (χ2n) is 5.53. The summed E-state index contributed by atoms with van der Waals surface area (Å²) in [5.74, 6) is -0.460. The molecule has 7 heteroatoms. The smallest absolute Gasteiger partial charge is 0.307 e. The number of nitrogens with one attached hydrogen (secondary N) is 1. The van der Waals surface area contributed by atoms with Gasteiger partial charge in [0.2, 0.25) is 0 Å². The fourth-order valence-corrected chi connectivity index (χ4v) is 2.92. The fraction of sp³-hybridized carbons (Fsp3) is 0.571. The van der Waals surface area contributed by atoms with Crippen LogP contribution in [0.3, 0.4) is 0 Å². The van der Waals surface area contributed by atoms with Gasteiger partial charge < -0.3 is 5.32 Å². The minimum atomic E-state index is -4.08. The van der Waals surface area contributed by atoms with Gasteiger partial charge in [0.05, 0.1) is 12.5 Å². The van der Waals surface area contributed by atoms with Crippen LogP contribution in [-0.4, -0.2) is 26.8 Å². The topological polar surface area (TPSA) is 42.2 Å². The Balaban J connectivity index is 1.62. The van der Waals surface area contributed by atoms with Gasteiger partial charge in [-0.05, 0) is 31.4 Å². The Morgan fingerprint density at radius 1 is 1.24 bits per heavy atom. The molecule has 0 amide bonds. The van der Waals surface area contributed by atoms with Crippen LogP contribution in [0.5, 0.6) is 0 Å². The summed E-state index contributed by atoms with van der Waals surface area (Å²) in [6, 6.07) is 5.48. The first-order valence-electron chi connectivity index (χ1n) is 7.13. The molecule has 2 atom stereocenters. The van der Waals surface area contributed by atoms with Gasteiger partial charge in [-0.15, -0.1) is 10.2 Å². The summed E-state index contributed by atoms with van der Waals surface area (Å²) in [7, 11) is 0.